The zero-order valence-electron chi connectivity index (χ0n) is 16.5. The minimum absolute atomic E-state index is 0.126. The Bertz CT molecular complexity index is 1040. The molecule has 0 aliphatic carbocycles. The number of phenolic OH excluding ortho intramolecular Hbond substituents is 1. The molecule has 2 atom stereocenters. The molecule has 1 amide bonds. The number of nitrogens with one attached hydrogen (secondary N) is 1. The number of phenols is 1. The first kappa shape index (κ1) is 19.6. The van der Waals surface area contributed by atoms with Gasteiger partial charge in [-0.25, -0.2) is 0 Å². The highest BCUT2D eigenvalue weighted by Crippen LogP contribution is 2.17. The van der Waals surface area contributed by atoms with Crippen molar-refractivity contribution >= 4 is 17.8 Å². The van der Waals surface area contributed by atoms with Crippen LogP contribution in [-0.2, 0) is 17.6 Å². The monoisotopic (exact) mass is 397 g/mol. The minimum atomic E-state index is -0.428. The first-order valence-electron chi connectivity index (χ1n) is 9.95. The number of nitrogens with zero attached hydrogens (tertiary/aromatic N) is 2. The van der Waals surface area contributed by atoms with E-state index in [2.05, 4.69) is 22.4 Å². The Labute approximate surface area is 175 Å². The molecule has 1 aliphatic heterocycles. The Balaban J connectivity index is 1.51. The number of carbonyl (C=O) groups excluding carboxylic acids is 1. The maximum Gasteiger partial charge on any atom is 0.226 e. The van der Waals surface area contributed by atoms with Gasteiger partial charge in [-0.3, -0.25) is 14.8 Å². The lowest BCUT2D eigenvalue weighted by atomic mass is 10.0. The predicted octanol–water partition coefficient (Wildman–Crippen LogP) is 3.56. The largest absolute Gasteiger partial charge is 0.508 e. The number of aliphatic imine (C=N–C) groups is 2. The molecule has 0 saturated heterocycles. The van der Waals surface area contributed by atoms with Crippen LogP contribution in [0.1, 0.15) is 16.7 Å². The number of amides is 1. The quantitative estimate of drug-likeness (QED) is 0.667. The van der Waals surface area contributed by atoms with E-state index in [9.17, 15) is 9.90 Å². The second-order valence-electron chi connectivity index (χ2n) is 7.27. The highest BCUT2D eigenvalue weighted by Gasteiger charge is 2.26. The maximum atomic E-state index is 12.6. The summed E-state index contributed by atoms with van der Waals surface area (Å²) in [5, 5.41) is 12.4. The molecular formula is C25H23N3O2. The Morgan fingerprint density at radius 3 is 2.23 bits per heavy atom. The maximum absolute atomic E-state index is 12.6. The van der Waals surface area contributed by atoms with Crippen molar-refractivity contribution < 1.29 is 9.90 Å². The summed E-state index contributed by atoms with van der Waals surface area (Å²) in [7, 11) is 0. The van der Waals surface area contributed by atoms with E-state index in [1.54, 1.807) is 30.5 Å². The van der Waals surface area contributed by atoms with Crippen LogP contribution in [0.5, 0.6) is 5.75 Å². The lowest BCUT2D eigenvalue weighted by Crippen LogP contribution is -2.45. The van der Waals surface area contributed by atoms with E-state index < -0.39 is 6.17 Å². The van der Waals surface area contributed by atoms with E-state index in [0.29, 0.717) is 6.42 Å². The Hall–Kier alpha value is -3.73. The average Bonchev–Trinajstić information content (AvgIpc) is 2.78. The summed E-state index contributed by atoms with van der Waals surface area (Å²) in [6, 6.07) is 26.5. The third-order valence-corrected chi connectivity index (χ3v) is 4.99. The van der Waals surface area contributed by atoms with Gasteiger partial charge >= 0.3 is 0 Å². The van der Waals surface area contributed by atoms with Crippen molar-refractivity contribution in [3.8, 4) is 5.75 Å². The number of hydrogen-bond donors (Lipinski definition) is 2. The van der Waals surface area contributed by atoms with Gasteiger partial charge in [0.2, 0.25) is 5.91 Å². The molecule has 0 saturated carbocycles. The highest BCUT2D eigenvalue weighted by molar-refractivity contribution is 6.38. The van der Waals surface area contributed by atoms with E-state index in [1.807, 2.05) is 48.5 Å². The van der Waals surface area contributed by atoms with Crippen LogP contribution in [0.15, 0.2) is 94.9 Å². The number of aromatic hydroxyl groups is 1. The fraction of sp³-hybridized carbons (Fsp3) is 0.160. The van der Waals surface area contributed by atoms with Gasteiger partial charge in [0.1, 0.15) is 11.9 Å². The van der Waals surface area contributed by atoms with Crippen LogP contribution in [0.3, 0.4) is 0 Å². The van der Waals surface area contributed by atoms with Crippen LogP contribution >= 0.6 is 0 Å². The molecule has 1 aliphatic rings. The summed E-state index contributed by atoms with van der Waals surface area (Å²) in [6.07, 6.45) is 2.21. The lowest BCUT2D eigenvalue weighted by molar-refractivity contribution is -0.121. The summed E-state index contributed by atoms with van der Waals surface area (Å²) in [5.74, 6) is 0.0565. The number of carbonyl (C=O) groups is 1. The normalized spacial score (nSPS) is 17.9. The SMILES string of the molecule is O=C(Cc1ccc(O)cc1)NC1N=CC(c2ccccc2)=NC1Cc1ccccc1. The van der Waals surface area contributed by atoms with Gasteiger partial charge in [0.25, 0.3) is 0 Å². The molecule has 30 heavy (non-hydrogen) atoms. The lowest BCUT2D eigenvalue weighted by Gasteiger charge is -2.26. The van der Waals surface area contributed by atoms with Crippen LogP contribution in [0.25, 0.3) is 0 Å². The van der Waals surface area contributed by atoms with Gasteiger partial charge in [-0.1, -0.05) is 72.8 Å². The Morgan fingerprint density at radius 2 is 1.53 bits per heavy atom. The Morgan fingerprint density at radius 1 is 0.867 bits per heavy atom. The van der Waals surface area contributed by atoms with Crippen LogP contribution in [0.4, 0.5) is 0 Å². The van der Waals surface area contributed by atoms with Crippen molar-refractivity contribution in [2.45, 2.75) is 25.0 Å². The number of benzene rings is 3. The smallest absolute Gasteiger partial charge is 0.226 e. The first-order valence-corrected chi connectivity index (χ1v) is 9.95. The van der Waals surface area contributed by atoms with E-state index in [0.717, 1.165) is 22.4 Å². The van der Waals surface area contributed by atoms with Crippen LogP contribution in [0.2, 0.25) is 0 Å². The highest BCUT2D eigenvalue weighted by atomic mass is 16.3. The second-order valence-corrected chi connectivity index (χ2v) is 7.27. The zero-order valence-corrected chi connectivity index (χ0v) is 16.5. The van der Waals surface area contributed by atoms with Crippen LogP contribution in [-0.4, -0.2) is 35.1 Å². The molecule has 2 unspecified atom stereocenters. The third-order valence-electron chi connectivity index (χ3n) is 4.99. The van der Waals surface area contributed by atoms with Gasteiger partial charge in [0.15, 0.2) is 0 Å². The fourth-order valence-corrected chi connectivity index (χ4v) is 3.45. The van der Waals surface area contributed by atoms with Crippen molar-refractivity contribution in [1.82, 2.24) is 5.32 Å². The molecule has 3 aromatic carbocycles. The van der Waals surface area contributed by atoms with Crippen molar-refractivity contribution in [1.29, 1.82) is 0 Å². The predicted molar refractivity (Wildman–Crippen MR) is 119 cm³/mol. The van der Waals surface area contributed by atoms with Gasteiger partial charge in [0.05, 0.1) is 18.2 Å². The van der Waals surface area contributed by atoms with E-state index in [1.165, 1.54) is 0 Å². The van der Waals surface area contributed by atoms with Gasteiger partial charge in [0, 0.05) is 11.8 Å². The Kier molecular flexibility index (Phi) is 5.99. The molecule has 0 spiro atoms. The second kappa shape index (κ2) is 9.18. The topological polar surface area (TPSA) is 74.0 Å². The van der Waals surface area contributed by atoms with Crippen molar-refractivity contribution in [2.24, 2.45) is 9.98 Å². The van der Waals surface area contributed by atoms with E-state index >= 15 is 0 Å². The molecule has 150 valence electrons. The molecule has 1 heterocycles. The summed E-state index contributed by atoms with van der Waals surface area (Å²) in [5.41, 5.74) is 3.81. The average molecular weight is 397 g/mol. The summed E-state index contributed by atoms with van der Waals surface area (Å²) in [6.45, 7) is 0. The standard InChI is InChI=1S/C25H23N3O2/c29-21-13-11-19(12-14-21)16-24(30)28-25-22(15-18-7-3-1-4-8-18)27-23(17-26-25)20-9-5-2-6-10-20/h1-14,17,22,25,29H,15-16H2,(H,28,30). The molecule has 5 heteroatoms. The molecular weight excluding hydrogens is 374 g/mol. The van der Waals surface area contributed by atoms with Crippen molar-refractivity contribution in [2.75, 3.05) is 0 Å². The first-order chi connectivity index (χ1) is 14.7. The third kappa shape index (κ3) is 5.00. The van der Waals surface area contributed by atoms with E-state index in [-0.39, 0.29) is 24.1 Å². The number of hydrogen-bond acceptors (Lipinski definition) is 4. The van der Waals surface area contributed by atoms with Gasteiger partial charge in [-0.15, -0.1) is 0 Å². The molecule has 0 aromatic heterocycles. The molecule has 2 N–H and O–H groups in total. The molecule has 4 rings (SSSR count). The molecule has 0 bridgehead atoms. The summed E-state index contributed by atoms with van der Waals surface area (Å²) < 4.78 is 0. The van der Waals surface area contributed by atoms with Crippen LogP contribution < -0.4 is 5.32 Å². The molecule has 0 fully saturated rings. The zero-order chi connectivity index (χ0) is 20.8. The molecule has 0 radical (unpaired) electrons. The van der Waals surface area contributed by atoms with Crippen molar-refractivity contribution in [3.05, 3.63) is 102 Å². The molecule has 5 nitrogen and oxygen atoms in total. The molecule has 3 aromatic rings. The fourth-order valence-electron chi connectivity index (χ4n) is 3.45. The van der Waals surface area contributed by atoms with Gasteiger partial charge < -0.3 is 10.4 Å². The van der Waals surface area contributed by atoms with Gasteiger partial charge in [-0.2, -0.15) is 0 Å². The van der Waals surface area contributed by atoms with E-state index in [4.69, 9.17) is 4.99 Å². The number of rotatable bonds is 6. The minimum Gasteiger partial charge on any atom is -0.508 e. The summed E-state index contributed by atoms with van der Waals surface area (Å²) >= 11 is 0. The van der Waals surface area contributed by atoms with Gasteiger partial charge in [-0.05, 0) is 29.7 Å². The summed E-state index contributed by atoms with van der Waals surface area (Å²) in [4.78, 5) is 22.2. The van der Waals surface area contributed by atoms with Crippen molar-refractivity contribution in [3.63, 3.8) is 0 Å². The van der Waals surface area contributed by atoms with Crippen LogP contribution in [0, 0.1) is 0 Å².